The van der Waals surface area contributed by atoms with Gasteiger partial charge in [0, 0.05) is 7.05 Å². The highest BCUT2D eigenvalue weighted by Crippen LogP contribution is 2.06. The van der Waals surface area contributed by atoms with Crippen molar-refractivity contribution in [2.75, 3.05) is 0 Å². The molecule has 1 heterocycles. The fourth-order valence-electron chi connectivity index (χ4n) is 0.604. The van der Waals surface area contributed by atoms with Crippen molar-refractivity contribution in [1.82, 2.24) is 9.78 Å². The third kappa shape index (κ3) is 0.800. The molecule has 0 unspecified atom stereocenters. The average molecular weight is 132 g/mol. The Hall–Kier alpha value is -0.930. The number of hydrogen-bond acceptors (Lipinski definition) is 1. The zero-order chi connectivity index (χ0) is 7.02. The summed E-state index contributed by atoms with van der Waals surface area (Å²) >= 11 is 0. The molecule has 1 aromatic rings. The molecule has 0 aliphatic heterocycles. The maximum absolute atomic E-state index is 12.3. The first kappa shape index (κ1) is 6.19. The zero-order valence-corrected chi connectivity index (χ0v) is 5.15. The molecule has 9 heavy (non-hydrogen) atoms. The van der Waals surface area contributed by atoms with Gasteiger partial charge in [-0.1, -0.05) is 0 Å². The highest BCUT2D eigenvalue weighted by molar-refractivity contribution is 5.01. The Morgan fingerprint density at radius 3 is 2.11 bits per heavy atom. The normalized spacial score (nSPS) is 10.2. The van der Waals surface area contributed by atoms with Gasteiger partial charge in [0.15, 0.2) is 0 Å². The Morgan fingerprint density at radius 2 is 2.00 bits per heavy atom. The first-order valence-corrected chi connectivity index (χ1v) is 2.47. The van der Waals surface area contributed by atoms with Crippen molar-refractivity contribution in [3.05, 3.63) is 17.5 Å². The maximum Gasteiger partial charge on any atom is 0.247 e. The van der Waals surface area contributed by atoms with E-state index in [-0.39, 0.29) is 5.69 Å². The molecule has 0 amide bonds. The van der Waals surface area contributed by atoms with E-state index in [0.29, 0.717) is 0 Å². The molecule has 0 saturated carbocycles. The summed E-state index contributed by atoms with van der Waals surface area (Å²) in [4.78, 5) is 0. The number of rotatable bonds is 0. The van der Waals surface area contributed by atoms with E-state index in [9.17, 15) is 8.78 Å². The Balaban J connectivity index is 3.29. The van der Waals surface area contributed by atoms with Gasteiger partial charge in [0.05, 0.1) is 5.69 Å². The summed E-state index contributed by atoms with van der Waals surface area (Å²) in [6, 6.07) is 0. The summed E-state index contributed by atoms with van der Waals surface area (Å²) in [5.74, 6) is -1.77. The van der Waals surface area contributed by atoms with Crippen molar-refractivity contribution in [3.63, 3.8) is 0 Å². The summed E-state index contributed by atoms with van der Waals surface area (Å²) in [7, 11) is 1.35. The molecular formula is C5H6F2N2. The van der Waals surface area contributed by atoms with Crippen molar-refractivity contribution < 1.29 is 8.78 Å². The van der Waals surface area contributed by atoms with Crippen LogP contribution >= 0.6 is 0 Å². The van der Waals surface area contributed by atoms with Gasteiger partial charge in [-0.2, -0.15) is 13.9 Å². The van der Waals surface area contributed by atoms with Crippen molar-refractivity contribution in [1.29, 1.82) is 0 Å². The van der Waals surface area contributed by atoms with Crippen LogP contribution in [0.2, 0.25) is 0 Å². The van der Waals surface area contributed by atoms with E-state index in [4.69, 9.17) is 0 Å². The number of nitrogens with zero attached hydrogens (tertiary/aromatic N) is 2. The summed E-state index contributed by atoms with van der Waals surface area (Å²) < 4.78 is 25.4. The zero-order valence-electron chi connectivity index (χ0n) is 5.15. The Morgan fingerprint density at radius 1 is 1.44 bits per heavy atom. The molecule has 1 aromatic heterocycles. The standard InChI is InChI=1S/C5H6F2N2/c1-3-4(6)5(7)9(2)8-3/h1-2H3. The molecule has 4 heteroatoms. The molecule has 0 spiro atoms. The van der Waals surface area contributed by atoms with Gasteiger partial charge < -0.3 is 0 Å². The third-order valence-electron chi connectivity index (χ3n) is 1.08. The molecule has 0 atom stereocenters. The molecule has 1 rings (SSSR count). The summed E-state index contributed by atoms with van der Waals surface area (Å²) in [6.07, 6.45) is 0. The van der Waals surface area contributed by atoms with Crippen LogP contribution in [-0.2, 0) is 7.05 Å². The molecular weight excluding hydrogens is 126 g/mol. The predicted molar refractivity (Wildman–Crippen MR) is 27.9 cm³/mol. The van der Waals surface area contributed by atoms with Crippen molar-refractivity contribution in [3.8, 4) is 0 Å². The molecule has 0 aliphatic carbocycles. The smallest absolute Gasteiger partial charge is 0.240 e. The van der Waals surface area contributed by atoms with Gasteiger partial charge in [0.1, 0.15) is 0 Å². The Labute approximate surface area is 51.1 Å². The quantitative estimate of drug-likeness (QED) is 0.515. The van der Waals surface area contributed by atoms with Crippen molar-refractivity contribution >= 4 is 0 Å². The fourth-order valence-corrected chi connectivity index (χ4v) is 0.604. The highest BCUT2D eigenvalue weighted by Gasteiger charge is 2.10. The molecule has 0 radical (unpaired) electrons. The minimum Gasteiger partial charge on any atom is -0.240 e. The topological polar surface area (TPSA) is 17.8 Å². The molecule has 0 saturated heterocycles. The van der Waals surface area contributed by atoms with Crippen molar-refractivity contribution in [2.45, 2.75) is 6.92 Å². The lowest BCUT2D eigenvalue weighted by Gasteiger charge is -1.84. The molecule has 0 bridgehead atoms. The van der Waals surface area contributed by atoms with Crippen LogP contribution in [0.5, 0.6) is 0 Å². The van der Waals surface area contributed by atoms with Gasteiger partial charge in [-0.3, -0.25) is 0 Å². The van der Waals surface area contributed by atoms with Crippen molar-refractivity contribution in [2.24, 2.45) is 7.05 Å². The number of aryl methyl sites for hydroxylation is 2. The van der Waals surface area contributed by atoms with E-state index in [1.54, 1.807) is 0 Å². The lowest BCUT2D eigenvalue weighted by atomic mass is 10.5. The molecule has 0 N–H and O–H groups in total. The van der Waals surface area contributed by atoms with E-state index in [1.807, 2.05) is 0 Å². The second-order valence-electron chi connectivity index (χ2n) is 1.81. The minimum absolute atomic E-state index is 0.0926. The van der Waals surface area contributed by atoms with Crippen LogP contribution < -0.4 is 0 Å². The molecule has 50 valence electrons. The molecule has 2 nitrogen and oxygen atoms in total. The van der Waals surface area contributed by atoms with Crippen LogP contribution in [0.25, 0.3) is 0 Å². The second-order valence-corrected chi connectivity index (χ2v) is 1.81. The van der Waals surface area contributed by atoms with Crippen LogP contribution in [0.3, 0.4) is 0 Å². The van der Waals surface area contributed by atoms with Gasteiger partial charge in [-0.25, -0.2) is 4.68 Å². The van der Waals surface area contributed by atoms with Crippen LogP contribution in [0.15, 0.2) is 0 Å². The van der Waals surface area contributed by atoms with Gasteiger partial charge in [-0.05, 0) is 6.92 Å². The number of halogens is 2. The first-order chi connectivity index (χ1) is 4.13. The largest absolute Gasteiger partial charge is 0.247 e. The third-order valence-corrected chi connectivity index (χ3v) is 1.08. The van der Waals surface area contributed by atoms with E-state index >= 15 is 0 Å². The fraction of sp³-hybridized carbons (Fsp3) is 0.400. The molecule has 0 aliphatic rings. The van der Waals surface area contributed by atoms with Gasteiger partial charge >= 0.3 is 0 Å². The summed E-state index contributed by atoms with van der Waals surface area (Å²) in [5.41, 5.74) is 0.0926. The van der Waals surface area contributed by atoms with Crippen LogP contribution in [0.4, 0.5) is 8.78 Å². The molecule has 0 aromatic carbocycles. The van der Waals surface area contributed by atoms with E-state index in [2.05, 4.69) is 5.10 Å². The predicted octanol–water partition coefficient (Wildman–Crippen LogP) is 1.01. The van der Waals surface area contributed by atoms with Gasteiger partial charge in [0.2, 0.25) is 11.8 Å². The van der Waals surface area contributed by atoms with Crippen LogP contribution in [0, 0.1) is 18.7 Å². The lowest BCUT2D eigenvalue weighted by Crippen LogP contribution is -1.93. The lowest BCUT2D eigenvalue weighted by molar-refractivity contribution is 0.447. The van der Waals surface area contributed by atoms with E-state index in [0.717, 1.165) is 4.68 Å². The highest BCUT2D eigenvalue weighted by atomic mass is 19.2. The summed E-state index contributed by atoms with van der Waals surface area (Å²) in [5, 5.41) is 3.48. The maximum atomic E-state index is 12.3. The van der Waals surface area contributed by atoms with Crippen LogP contribution in [-0.4, -0.2) is 9.78 Å². The molecule has 0 fully saturated rings. The summed E-state index contributed by atoms with van der Waals surface area (Å²) in [6.45, 7) is 1.42. The van der Waals surface area contributed by atoms with E-state index in [1.165, 1.54) is 14.0 Å². The number of aromatic nitrogens is 2. The first-order valence-electron chi connectivity index (χ1n) is 2.47. The Kier molecular flexibility index (Phi) is 1.23. The van der Waals surface area contributed by atoms with Gasteiger partial charge in [-0.15, -0.1) is 0 Å². The SMILES string of the molecule is Cc1nn(C)c(F)c1F. The van der Waals surface area contributed by atoms with E-state index < -0.39 is 11.8 Å². The van der Waals surface area contributed by atoms with Crippen LogP contribution in [0.1, 0.15) is 5.69 Å². The average Bonchev–Trinajstić information content (AvgIpc) is 1.98. The second kappa shape index (κ2) is 1.79. The monoisotopic (exact) mass is 132 g/mol. The Bertz CT molecular complexity index is 207. The number of hydrogen-bond donors (Lipinski definition) is 0. The minimum atomic E-state index is -0.910. The van der Waals surface area contributed by atoms with Gasteiger partial charge in [0.25, 0.3) is 0 Å².